The molecule has 21 heavy (non-hydrogen) atoms. The zero-order valence-corrected chi connectivity index (χ0v) is 12.3. The van der Waals surface area contributed by atoms with E-state index in [2.05, 4.69) is 35.4 Å². The van der Waals surface area contributed by atoms with Crippen LogP contribution in [0.1, 0.15) is 30.7 Å². The van der Waals surface area contributed by atoms with Crippen molar-refractivity contribution in [2.45, 2.75) is 25.8 Å². The van der Waals surface area contributed by atoms with Gasteiger partial charge in [-0.2, -0.15) is 0 Å². The number of rotatable bonds is 6. The zero-order chi connectivity index (χ0) is 14.5. The first-order chi connectivity index (χ1) is 10.4. The van der Waals surface area contributed by atoms with Crippen LogP contribution in [0.15, 0.2) is 59.3 Å². The fourth-order valence-corrected chi connectivity index (χ4v) is 2.65. The molecular weight excluding hydrogens is 260 g/mol. The molecule has 3 aromatic rings. The van der Waals surface area contributed by atoms with Gasteiger partial charge in [0.25, 0.3) is 0 Å². The predicted molar refractivity (Wildman–Crippen MR) is 85.2 cm³/mol. The Morgan fingerprint density at radius 2 is 2.10 bits per heavy atom. The van der Waals surface area contributed by atoms with Crippen molar-refractivity contribution in [3.05, 3.63) is 66.2 Å². The Morgan fingerprint density at radius 1 is 1.19 bits per heavy atom. The van der Waals surface area contributed by atoms with Crippen LogP contribution in [0.25, 0.3) is 10.9 Å². The lowest BCUT2D eigenvalue weighted by Crippen LogP contribution is -2.21. The summed E-state index contributed by atoms with van der Waals surface area (Å²) in [6.07, 6.45) is 5.64. The summed E-state index contributed by atoms with van der Waals surface area (Å²) in [6.45, 7) is 3.07. The lowest BCUT2D eigenvalue weighted by molar-refractivity contribution is 0.458. The van der Waals surface area contributed by atoms with Gasteiger partial charge < -0.3 is 9.73 Å². The summed E-state index contributed by atoms with van der Waals surface area (Å²) in [5.41, 5.74) is 2.28. The van der Waals surface area contributed by atoms with E-state index >= 15 is 0 Å². The molecule has 0 fully saturated rings. The second-order valence-electron chi connectivity index (χ2n) is 5.19. The number of para-hydroxylation sites is 1. The van der Waals surface area contributed by atoms with Gasteiger partial charge >= 0.3 is 0 Å². The van der Waals surface area contributed by atoms with E-state index in [1.54, 1.807) is 6.26 Å². The maximum absolute atomic E-state index is 5.42. The summed E-state index contributed by atoms with van der Waals surface area (Å²) in [5.74, 6) is 1.03. The molecular formula is C18H20N2O. The third-order valence-corrected chi connectivity index (χ3v) is 3.72. The largest absolute Gasteiger partial charge is 0.469 e. The van der Waals surface area contributed by atoms with E-state index in [4.69, 9.17) is 4.42 Å². The molecule has 3 heteroatoms. The molecule has 0 spiro atoms. The molecule has 1 unspecified atom stereocenters. The monoisotopic (exact) mass is 280 g/mol. The maximum atomic E-state index is 5.42. The summed E-state index contributed by atoms with van der Waals surface area (Å²) in [5, 5.41) is 4.74. The van der Waals surface area contributed by atoms with Crippen LogP contribution in [-0.4, -0.2) is 11.5 Å². The van der Waals surface area contributed by atoms with Crippen molar-refractivity contribution >= 4 is 10.9 Å². The molecule has 0 saturated heterocycles. The van der Waals surface area contributed by atoms with Crippen molar-refractivity contribution in [3.63, 3.8) is 0 Å². The molecule has 3 nitrogen and oxygen atoms in total. The van der Waals surface area contributed by atoms with Gasteiger partial charge in [-0.25, -0.2) is 0 Å². The number of benzene rings is 1. The summed E-state index contributed by atoms with van der Waals surface area (Å²) in [6, 6.07) is 14.7. The SMILES string of the molecule is CCNC(CCc1ccco1)c1cnc2ccccc2c1. The van der Waals surface area contributed by atoms with Gasteiger partial charge in [0.15, 0.2) is 0 Å². The van der Waals surface area contributed by atoms with Crippen molar-refractivity contribution in [2.24, 2.45) is 0 Å². The number of fused-ring (bicyclic) bond motifs is 1. The summed E-state index contributed by atoms with van der Waals surface area (Å²) >= 11 is 0. The fourth-order valence-electron chi connectivity index (χ4n) is 2.65. The number of aromatic nitrogens is 1. The highest BCUT2D eigenvalue weighted by Gasteiger charge is 2.12. The minimum Gasteiger partial charge on any atom is -0.469 e. The molecule has 0 aliphatic carbocycles. The first-order valence-electron chi connectivity index (χ1n) is 7.47. The lowest BCUT2D eigenvalue weighted by atomic mass is 10.0. The van der Waals surface area contributed by atoms with Crippen LogP contribution in [0.5, 0.6) is 0 Å². The first kappa shape index (κ1) is 13.8. The molecule has 0 bridgehead atoms. The number of aryl methyl sites for hydroxylation is 1. The van der Waals surface area contributed by atoms with Crippen LogP contribution in [0.2, 0.25) is 0 Å². The molecule has 1 N–H and O–H groups in total. The molecule has 1 aromatic carbocycles. The Labute approximate surface area is 125 Å². The topological polar surface area (TPSA) is 38.1 Å². The zero-order valence-electron chi connectivity index (χ0n) is 12.3. The van der Waals surface area contributed by atoms with Crippen LogP contribution in [0.3, 0.4) is 0 Å². The van der Waals surface area contributed by atoms with Crippen molar-refractivity contribution in [3.8, 4) is 0 Å². The Kier molecular flexibility index (Phi) is 4.31. The number of nitrogens with one attached hydrogen (secondary N) is 1. The first-order valence-corrected chi connectivity index (χ1v) is 7.47. The van der Waals surface area contributed by atoms with Crippen LogP contribution < -0.4 is 5.32 Å². The highest BCUT2D eigenvalue weighted by Crippen LogP contribution is 2.22. The normalized spacial score (nSPS) is 12.6. The van der Waals surface area contributed by atoms with Gasteiger partial charge in [-0.05, 0) is 42.8 Å². The summed E-state index contributed by atoms with van der Waals surface area (Å²) in [4.78, 5) is 4.57. The highest BCUT2D eigenvalue weighted by molar-refractivity contribution is 5.78. The molecule has 0 saturated carbocycles. The van der Waals surface area contributed by atoms with Gasteiger partial charge in [0.2, 0.25) is 0 Å². The van der Waals surface area contributed by atoms with Crippen molar-refractivity contribution in [1.29, 1.82) is 0 Å². The molecule has 0 aliphatic rings. The molecule has 0 amide bonds. The third-order valence-electron chi connectivity index (χ3n) is 3.72. The van der Waals surface area contributed by atoms with Crippen molar-refractivity contribution in [1.82, 2.24) is 10.3 Å². The molecule has 0 aliphatic heterocycles. The number of hydrogen-bond acceptors (Lipinski definition) is 3. The summed E-state index contributed by atoms with van der Waals surface area (Å²) in [7, 11) is 0. The van der Waals surface area contributed by atoms with E-state index in [-0.39, 0.29) is 0 Å². The predicted octanol–water partition coefficient (Wildman–Crippen LogP) is 4.11. The third kappa shape index (κ3) is 3.31. The average Bonchev–Trinajstić information content (AvgIpc) is 3.04. The van der Waals surface area contributed by atoms with Gasteiger partial charge in [0, 0.05) is 24.0 Å². The Hall–Kier alpha value is -2.13. The molecule has 108 valence electrons. The van der Waals surface area contributed by atoms with Crippen LogP contribution in [0.4, 0.5) is 0 Å². The van der Waals surface area contributed by atoms with E-state index < -0.39 is 0 Å². The van der Waals surface area contributed by atoms with E-state index in [1.165, 1.54) is 10.9 Å². The van der Waals surface area contributed by atoms with Gasteiger partial charge in [0.1, 0.15) is 5.76 Å². The quantitative estimate of drug-likeness (QED) is 0.738. The lowest BCUT2D eigenvalue weighted by Gasteiger charge is -2.18. The standard InChI is InChI=1S/C18H20N2O/c1-2-19-18(10-9-16-7-5-11-21-16)15-12-14-6-3-4-8-17(14)20-13-15/h3-8,11-13,18-19H,2,9-10H2,1H3. The second-order valence-corrected chi connectivity index (χ2v) is 5.19. The molecule has 0 radical (unpaired) electrons. The molecule has 1 atom stereocenters. The van der Waals surface area contributed by atoms with Crippen LogP contribution in [0, 0.1) is 0 Å². The van der Waals surface area contributed by atoms with E-state index in [0.717, 1.165) is 30.7 Å². The minimum atomic E-state index is 0.303. The van der Waals surface area contributed by atoms with Crippen LogP contribution in [-0.2, 0) is 6.42 Å². The Balaban J connectivity index is 1.80. The molecule has 2 heterocycles. The van der Waals surface area contributed by atoms with Gasteiger partial charge in [-0.1, -0.05) is 25.1 Å². The van der Waals surface area contributed by atoms with Gasteiger partial charge in [-0.3, -0.25) is 4.98 Å². The Morgan fingerprint density at radius 3 is 2.90 bits per heavy atom. The fraction of sp³-hybridized carbons (Fsp3) is 0.278. The molecule has 2 aromatic heterocycles. The van der Waals surface area contributed by atoms with Crippen molar-refractivity contribution < 1.29 is 4.42 Å². The van der Waals surface area contributed by atoms with Gasteiger partial charge in [-0.15, -0.1) is 0 Å². The van der Waals surface area contributed by atoms with Gasteiger partial charge in [0.05, 0.1) is 11.8 Å². The number of nitrogens with zero attached hydrogens (tertiary/aromatic N) is 1. The minimum absolute atomic E-state index is 0.303. The number of pyridine rings is 1. The van der Waals surface area contributed by atoms with E-state index in [9.17, 15) is 0 Å². The molecule has 3 rings (SSSR count). The second kappa shape index (κ2) is 6.55. The number of furan rings is 1. The summed E-state index contributed by atoms with van der Waals surface area (Å²) < 4.78 is 5.42. The smallest absolute Gasteiger partial charge is 0.103 e. The van der Waals surface area contributed by atoms with E-state index in [1.807, 2.05) is 30.5 Å². The maximum Gasteiger partial charge on any atom is 0.103 e. The van der Waals surface area contributed by atoms with Crippen molar-refractivity contribution in [2.75, 3.05) is 6.54 Å². The Bertz CT molecular complexity index is 691. The van der Waals surface area contributed by atoms with Crippen LogP contribution >= 0.6 is 0 Å². The average molecular weight is 280 g/mol. The highest BCUT2D eigenvalue weighted by atomic mass is 16.3. The number of hydrogen-bond donors (Lipinski definition) is 1. The van der Waals surface area contributed by atoms with E-state index in [0.29, 0.717) is 6.04 Å².